The molecule has 2 N–H and O–H groups in total. The Morgan fingerprint density at radius 1 is 1.35 bits per heavy atom. The van der Waals surface area contributed by atoms with Crippen molar-refractivity contribution in [2.24, 2.45) is 0 Å². The van der Waals surface area contributed by atoms with Gasteiger partial charge < -0.3 is 10.1 Å². The Morgan fingerprint density at radius 2 is 2.10 bits per heavy atom. The maximum absolute atomic E-state index is 11.8. The van der Waals surface area contributed by atoms with Crippen molar-refractivity contribution in [1.82, 2.24) is 5.32 Å². The van der Waals surface area contributed by atoms with Crippen LogP contribution in [0.1, 0.15) is 18.9 Å². The molecule has 0 bridgehead atoms. The van der Waals surface area contributed by atoms with E-state index in [2.05, 4.69) is 14.8 Å². The number of hydrogen-bond acceptors (Lipinski definition) is 5. The number of sulfonamides is 1. The van der Waals surface area contributed by atoms with Crippen LogP contribution in [0.4, 0.5) is 5.69 Å². The van der Waals surface area contributed by atoms with Gasteiger partial charge in [0.15, 0.2) is 0 Å². The Morgan fingerprint density at radius 3 is 2.75 bits per heavy atom. The Kier molecular flexibility index (Phi) is 6.47. The summed E-state index contributed by atoms with van der Waals surface area (Å²) in [4.78, 5) is 11.0. The fourth-order valence-electron chi connectivity index (χ4n) is 1.56. The maximum Gasteiger partial charge on any atom is 0.306 e. The largest absolute Gasteiger partial charge is 0.469 e. The molecule has 0 heterocycles. The minimum absolute atomic E-state index is 0.164. The van der Waals surface area contributed by atoms with Crippen molar-refractivity contribution in [2.45, 2.75) is 19.9 Å². The van der Waals surface area contributed by atoms with Gasteiger partial charge in [-0.2, -0.15) is 0 Å². The van der Waals surface area contributed by atoms with E-state index >= 15 is 0 Å². The third kappa shape index (κ3) is 6.03. The van der Waals surface area contributed by atoms with Crippen molar-refractivity contribution in [3.05, 3.63) is 29.8 Å². The molecule has 1 aromatic carbocycles. The van der Waals surface area contributed by atoms with E-state index in [1.165, 1.54) is 7.11 Å². The minimum atomic E-state index is -3.55. The summed E-state index contributed by atoms with van der Waals surface area (Å²) in [5.41, 5.74) is 1.48. The third-order valence-corrected chi connectivity index (χ3v) is 3.87. The molecule has 1 aromatic rings. The zero-order chi connectivity index (χ0) is 15.0. The van der Waals surface area contributed by atoms with E-state index in [1.54, 1.807) is 18.2 Å². The molecule has 0 aliphatic heterocycles. The Hall–Kier alpha value is -1.60. The van der Waals surface area contributed by atoms with Gasteiger partial charge in [0.25, 0.3) is 0 Å². The average molecular weight is 300 g/mol. The lowest BCUT2D eigenvalue weighted by molar-refractivity contribution is -0.140. The number of nitrogens with one attached hydrogen (secondary N) is 2. The van der Waals surface area contributed by atoms with Crippen molar-refractivity contribution < 1.29 is 17.9 Å². The number of hydrogen-bond donors (Lipinski definition) is 2. The van der Waals surface area contributed by atoms with Gasteiger partial charge in [0.05, 0.1) is 19.3 Å². The molecule has 6 nitrogen and oxygen atoms in total. The highest BCUT2D eigenvalue weighted by molar-refractivity contribution is 7.92. The summed E-state index contributed by atoms with van der Waals surface area (Å²) in [6.45, 7) is 3.52. The van der Waals surface area contributed by atoms with Crippen LogP contribution >= 0.6 is 0 Å². The number of anilines is 1. The lowest BCUT2D eigenvalue weighted by Crippen LogP contribution is -2.19. The normalized spacial score (nSPS) is 11.1. The van der Waals surface area contributed by atoms with Crippen LogP contribution in [0.2, 0.25) is 0 Å². The summed E-state index contributed by atoms with van der Waals surface area (Å²) >= 11 is 0. The van der Waals surface area contributed by atoms with E-state index in [9.17, 15) is 13.2 Å². The van der Waals surface area contributed by atoms with Crippen molar-refractivity contribution in [3.8, 4) is 0 Å². The van der Waals surface area contributed by atoms with Crippen molar-refractivity contribution >= 4 is 21.7 Å². The number of methoxy groups -OCH3 is 1. The predicted molar refractivity (Wildman–Crippen MR) is 77.9 cm³/mol. The van der Waals surface area contributed by atoms with Gasteiger partial charge in [-0.15, -0.1) is 0 Å². The predicted octanol–water partition coefficient (Wildman–Crippen LogP) is 1.10. The SMILES string of the molecule is CCNCc1cccc(NS(=O)(=O)CCC(=O)OC)c1. The second kappa shape index (κ2) is 7.86. The van der Waals surface area contributed by atoms with Gasteiger partial charge in [-0.1, -0.05) is 19.1 Å². The Bertz CT molecular complexity index is 543. The van der Waals surface area contributed by atoms with Crippen molar-refractivity contribution in [1.29, 1.82) is 0 Å². The topological polar surface area (TPSA) is 84.5 Å². The molecule has 7 heteroatoms. The molecular formula is C13H20N2O4S. The molecule has 0 unspecified atom stereocenters. The van der Waals surface area contributed by atoms with Crippen LogP contribution in [-0.2, 0) is 26.1 Å². The average Bonchev–Trinajstić information content (AvgIpc) is 2.42. The molecule has 0 radical (unpaired) electrons. The number of rotatable bonds is 8. The van der Waals surface area contributed by atoms with E-state index in [0.717, 1.165) is 12.1 Å². The molecule has 0 saturated carbocycles. The fraction of sp³-hybridized carbons (Fsp3) is 0.462. The highest BCUT2D eigenvalue weighted by Gasteiger charge is 2.13. The first-order valence-electron chi connectivity index (χ1n) is 6.34. The molecule has 1 rings (SSSR count). The number of carbonyl (C=O) groups is 1. The number of ether oxygens (including phenoxy) is 1. The molecule has 0 aliphatic rings. The van der Waals surface area contributed by atoms with Crippen LogP contribution in [-0.4, -0.2) is 33.8 Å². The standard InChI is InChI=1S/C13H20N2O4S/c1-3-14-10-11-5-4-6-12(9-11)15-20(17,18)8-7-13(16)19-2/h4-6,9,14-15H,3,7-8,10H2,1-2H3. The maximum atomic E-state index is 11.8. The van der Waals surface area contributed by atoms with Gasteiger partial charge in [0, 0.05) is 12.2 Å². The van der Waals surface area contributed by atoms with Gasteiger partial charge in [0.1, 0.15) is 0 Å². The second-order valence-corrected chi connectivity index (χ2v) is 6.07. The van der Waals surface area contributed by atoms with Gasteiger partial charge in [-0.05, 0) is 24.2 Å². The van der Waals surface area contributed by atoms with E-state index < -0.39 is 16.0 Å². The van der Waals surface area contributed by atoms with Crippen LogP contribution in [0.5, 0.6) is 0 Å². The number of carbonyl (C=O) groups excluding carboxylic acids is 1. The zero-order valence-corrected chi connectivity index (χ0v) is 12.5. The summed E-state index contributed by atoms with van der Waals surface area (Å²) in [7, 11) is -2.32. The minimum Gasteiger partial charge on any atom is -0.469 e. The molecule has 112 valence electrons. The molecule has 0 amide bonds. The molecule has 0 fully saturated rings. The lowest BCUT2D eigenvalue weighted by atomic mass is 10.2. The van der Waals surface area contributed by atoms with Crippen molar-refractivity contribution in [3.63, 3.8) is 0 Å². The first-order chi connectivity index (χ1) is 9.46. The van der Waals surface area contributed by atoms with Crippen LogP contribution < -0.4 is 10.0 Å². The van der Waals surface area contributed by atoms with E-state index in [-0.39, 0.29) is 12.2 Å². The summed E-state index contributed by atoms with van der Waals surface area (Å²) in [6, 6.07) is 7.13. The Balaban J connectivity index is 2.64. The van der Waals surface area contributed by atoms with Gasteiger partial charge >= 0.3 is 5.97 Å². The van der Waals surface area contributed by atoms with E-state index in [4.69, 9.17) is 0 Å². The molecule has 0 spiro atoms. The first kappa shape index (κ1) is 16.5. The summed E-state index contributed by atoms with van der Waals surface area (Å²) in [6.07, 6.45) is -0.164. The highest BCUT2D eigenvalue weighted by Crippen LogP contribution is 2.13. The number of esters is 1. The van der Waals surface area contributed by atoms with Crippen molar-refractivity contribution in [2.75, 3.05) is 24.1 Å². The fourth-order valence-corrected chi connectivity index (χ4v) is 2.59. The Labute approximate surface area is 119 Å². The van der Waals surface area contributed by atoms with Crippen LogP contribution in [0.15, 0.2) is 24.3 Å². The molecule has 0 aromatic heterocycles. The molecule has 0 aliphatic carbocycles. The quantitative estimate of drug-likeness (QED) is 0.702. The second-order valence-electron chi connectivity index (χ2n) is 4.23. The lowest BCUT2D eigenvalue weighted by Gasteiger charge is -2.09. The summed E-state index contributed by atoms with van der Waals surface area (Å²) in [5, 5.41) is 3.16. The molecule has 0 saturated heterocycles. The van der Waals surface area contributed by atoms with Crippen LogP contribution in [0.3, 0.4) is 0 Å². The molecule has 20 heavy (non-hydrogen) atoms. The smallest absolute Gasteiger partial charge is 0.306 e. The molecular weight excluding hydrogens is 280 g/mol. The van der Waals surface area contributed by atoms with E-state index in [1.807, 2.05) is 13.0 Å². The first-order valence-corrected chi connectivity index (χ1v) is 7.99. The van der Waals surface area contributed by atoms with Crippen LogP contribution in [0.25, 0.3) is 0 Å². The van der Waals surface area contributed by atoms with Gasteiger partial charge in [0.2, 0.25) is 10.0 Å². The summed E-state index contributed by atoms with van der Waals surface area (Å²) in [5.74, 6) is -0.840. The number of benzene rings is 1. The monoisotopic (exact) mass is 300 g/mol. The van der Waals surface area contributed by atoms with E-state index in [0.29, 0.717) is 12.2 Å². The highest BCUT2D eigenvalue weighted by atomic mass is 32.2. The molecule has 0 atom stereocenters. The van der Waals surface area contributed by atoms with Gasteiger partial charge in [-0.25, -0.2) is 8.42 Å². The third-order valence-electron chi connectivity index (χ3n) is 2.58. The van der Waals surface area contributed by atoms with Crippen LogP contribution in [0, 0.1) is 0 Å². The van der Waals surface area contributed by atoms with Gasteiger partial charge in [-0.3, -0.25) is 9.52 Å². The zero-order valence-electron chi connectivity index (χ0n) is 11.7. The summed E-state index contributed by atoms with van der Waals surface area (Å²) < 4.78 is 30.5.